The van der Waals surface area contributed by atoms with Crippen LogP contribution in [0.2, 0.25) is 0 Å². The first-order valence-electron chi connectivity index (χ1n) is 36.3. The van der Waals surface area contributed by atoms with Gasteiger partial charge in [0.1, 0.15) is 18.8 Å². The molecule has 4 atom stereocenters. The first-order chi connectivity index (χ1) is 41.9. The molecule has 4 N–H and O–H groups in total. The summed E-state index contributed by atoms with van der Waals surface area (Å²) >= 11 is 0. The van der Waals surface area contributed by atoms with E-state index in [9.17, 15) is 39.6 Å². The molecule has 0 aromatic carbocycles. The molecule has 0 unspecified atom stereocenters. The van der Waals surface area contributed by atoms with E-state index in [0.29, 0.717) is 38.5 Å². The van der Waals surface area contributed by atoms with Crippen LogP contribution in [0.25, 0.3) is 0 Å². The summed E-state index contributed by atoms with van der Waals surface area (Å²) in [7, 11) is 0. The number of ketones is 1. The predicted molar refractivity (Wildman–Crippen MR) is 359 cm³/mol. The van der Waals surface area contributed by atoms with Gasteiger partial charge >= 0.3 is 17.9 Å². The average Bonchev–Trinajstić information content (AvgIpc) is 3.69. The maximum Gasteiger partial charge on any atom is 0.306 e. The van der Waals surface area contributed by atoms with Crippen molar-refractivity contribution in [3.05, 3.63) is 48.6 Å². The summed E-state index contributed by atoms with van der Waals surface area (Å²) in [6, 6.07) is 0. The van der Waals surface area contributed by atoms with Gasteiger partial charge in [0.2, 0.25) is 0 Å². The van der Waals surface area contributed by atoms with Gasteiger partial charge in [-0.25, -0.2) is 0 Å². The Labute approximate surface area is 528 Å². The van der Waals surface area contributed by atoms with Crippen molar-refractivity contribution < 1.29 is 53.8 Å². The van der Waals surface area contributed by atoms with Crippen molar-refractivity contribution in [2.75, 3.05) is 13.2 Å². The first kappa shape index (κ1) is 82.9. The van der Waals surface area contributed by atoms with Gasteiger partial charge in [0, 0.05) is 32.1 Å². The minimum Gasteiger partial charge on any atom is -0.462 e. The monoisotopic (exact) mass is 1210 g/mol. The van der Waals surface area contributed by atoms with Crippen LogP contribution in [0.4, 0.5) is 0 Å². The third-order valence-corrected chi connectivity index (χ3v) is 16.7. The van der Waals surface area contributed by atoms with Gasteiger partial charge in [-0.15, -0.1) is 0 Å². The van der Waals surface area contributed by atoms with E-state index >= 15 is 0 Å². The minimum absolute atomic E-state index is 0.0233. The number of ether oxygens (including phenoxy) is 3. The lowest BCUT2D eigenvalue weighted by Crippen LogP contribution is -2.38. The predicted octanol–water partition coefficient (Wildman–Crippen LogP) is 20.0. The molecular formula is C75H136O11. The highest BCUT2D eigenvalue weighted by molar-refractivity contribution is 5.87. The van der Waals surface area contributed by atoms with Crippen molar-refractivity contribution in [1.82, 2.24) is 0 Å². The third-order valence-electron chi connectivity index (χ3n) is 16.7. The minimum atomic E-state index is -1.30. The molecular weight excluding hydrogens is 1080 g/mol. The van der Waals surface area contributed by atoms with Gasteiger partial charge in [0.15, 0.2) is 11.9 Å². The maximum atomic E-state index is 13.4. The molecule has 0 aliphatic heterocycles. The van der Waals surface area contributed by atoms with Crippen LogP contribution < -0.4 is 0 Å². The standard InChI is InChI=1S/C75H136O11/c1-5-9-13-41-53-67(76)56-44-33-25-17-20-28-36-47-59-71(79)75(83,63-51-16-12-8-4)64-52-40-32-24-23-31-39-50-62-74(82)86-70(65-84-72(80)60-48-37-29-21-18-26-34-45-57-68(77)54-42-14-10-6-2)66-85-73(81)61-49-38-30-22-19-27-35-46-58-69(78)55-43-15-11-7-3/h33-35,40,44-46,52,67-70,76-78,83H,5-32,36-39,41-43,47-51,53-66H2,1-4H3/t67-,68-,69-,70?,75-/m1/s1. The van der Waals surface area contributed by atoms with E-state index in [4.69, 9.17) is 14.2 Å². The number of allylic oxidation sites excluding steroid dienone is 4. The molecule has 0 heterocycles. The lowest BCUT2D eigenvalue weighted by atomic mass is 9.85. The summed E-state index contributed by atoms with van der Waals surface area (Å²) < 4.78 is 16.9. The Morgan fingerprint density at radius 2 is 0.651 bits per heavy atom. The van der Waals surface area contributed by atoms with E-state index in [1.807, 2.05) is 6.08 Å². The van der Waals surface area contributed by atoms with Crippen molar-refractivity contribution >= 4 is 23.7 Å². The Balaban J connectivity index is 4.83. The fraction of sp³-hybridized carbons (Fsp3) is 0.840. The lowest BCUT2D eigenvalue weighted by molar-refractivity contribution is -0.167. The molecule has 0 saturated heterocycles. The Kier molecular flexibility index (Phi) is 61.1. The van der Waals surface area contributed by atoms with Gasteiger partial charge in [-0.3, -0.25) is 19.2 Å². The van der Waals surface area contributed by atoms with Gasteiger partial charge in [-0.2, -0.15) is 0 Å². The summed E-state index contributed by atoms with van der Waals surface area (Å²) in [4.78, 5) is 52.0. The number of carbonyl (C=O) groups is 4. The molecule has 502 valence electrons. The molecule has 11 nitrogen and oxygen atoms in total. The van der Waals surface area contributed by atoms with E-state index < -0.39 is 17.7 Å². The summed E-state index contributed by atoms with van der Waals surface area (Å²) in [6.45, 7) is 8.45. The number of hydrogen-bond donors (Lipinski definition) is 4. The molecule has 0 aromatic heterocycles. The number of esters is 3. The normalized spacial score (nSPS) is 14.1. The molecule has 0 fully saturated rings. The number of aliphatic hydroxyl groups excluding tert-OH is 3. The summed E-state index contributed by atoms with van der Waals surface area (Å²) in [5, 5.41) is 42.1. The number of rotatable bonds is 66. The molecule has 86 heavy (non-hydrogen) atoms. The quantitative estimate of drug-likeness (QED) is 0.0197. The van der Waals surface area contributed by atoms with E-state index in [1.54, 1.807) is 0 Å². The number of carbonyl (C=O) groups excluding carboxylic acids is 4. The highest BCUT2D eigenvalue weighted by atomic mass is 16.6. The Morgan fingerprint density at radius 1 is 0.349 bits per heavy atom. The highest BCUT2D eigenvalue weighted by Gasteiger charge is 2.33. The second-order valence-corrected chi connectivity index (χ2v) is 25.3. The van der Waals surface area contributed by atoms with Gasteiger partial charge in [0.05, 0.1) is 18.3 Å². The fourth-order valence-corrected chi connectivity index (χ4v) is 10.9. The average molecular weight is 1210 g/mol. The number of aliphatic hydroxyl groups is 4. The van der Waals surface area contributed by atoms with Crippen LogP contribution in [-0.4, -0.2) is 87.3 Å². The van der Waals surface area contributed by atoms with Crippen LogP contribution in [0.1, 0.15) is 362 Å². The molecule has 0 bridgehead atoms. The summed E-state index contributed by atoms with van der Waals surface area (Å²) in [6.07, 6.45) is 63.7. The Bertz CT molecular complexity index is 1600. The zero-order valence-electron chi connectivity index (χ0n) is 56.3. The molecule has 0 spiro atoms. The molecule has 0 radical (unpaired) electrons. The Morgan fingerprint density at radius 3 is 1.02 bits per heavy atom. The van der Waals surface area contributed by atoms with Gasteiger partial charge in [0.25, 0.3) is 0 Å². The van der Waals surface area contributed by atoms with E-state index in [1.165, 1.54) is 57.8 Å². The third kappa shape index (κ3) is 57.3. The van der Waals surface area contributed by atoms with Gasteiger partial charge in [-0.05, 0) is 122 Å². The van der Waals surface area contributed by atoms with Crippen molar-refractivity contribution in [3.8, 4) is 0 Å². The van der Waals surface area contributed by atoms with Crippen molar-refractivity contribution in [3.63, 3.8) is 0 Å². The maximum absolute atomic E-state index is 13.4. The fourth-order valence-electron chi connectivity index (χ4n) is 10.9. The van der Waals surface area contributed by atoms with E-state index in [2.05, 4.69) is 70.2 Å². The Hall–Kier alpha value is -3.12. The second kappa shape index (κ2) is 63.4. The lowest BCUT2D eigenvalue weighted by Gasteiger charge is -2.26. The molecule has 0 amide bonds. The van der Waals surface area contributed by atoms with Crippen molar-refractivity contribution in [2.45, 2.75) is 392 Å². The second-order valence-electron chi connectivity index (χ2n) is 25.3. The zero-order valence-corrected chi connectivity index (χ0v) is 56.3. The van der Waals surface area contributed by atoms with Crippen LogP contribution in [-0.2, 0) is 33.4 Å². The van der Waals surface area contributed by atoms with E-state index in [-0.39, 0.29) is 68.5 Å². The highest BCUT2D eigenvalue weighted by Crippen LogP contribution is 2.26. The SMILES string of the molecule is CCCCCC[C@@H](O)CC=CCCCCCCCC(=O)OCC(COC(=O)CCCCCCCC=CC[C@H](O)CCCCCC)OC(=O)CCCCCCCC=CC[C@](O)(CCCCCC)C(=O)CCCCCCCC=CC[C@H](O)CCCCCC. The molecule has 0 saturated carbocycles. The first-order valence-corrected chi connectivity index (χ1v) is 36.3. The summed E-state index contributed by atoms with van der Waals surface area (Å²) in [5.41, 5.74) is -1.30. The van der Waals surface area contributed by atoms with Crippen molar-refractivity contribution in [1.29, 1.82) is 0 Å². The smallest absolute Gasteiger partial charge is 0.306 e. The molecule has 0 aromatic rings. The van der Waals surface area contributed by atoms with Crippen LogP contribution >= 0.6 is 0 Å². The molecule has 0 aliphatic rings. The van der Waals surface area contributed by atoms with Crippen molar-refractivity contribution in [2.24, 2.45) is 0 Å². The number of unbranched alkanes of at least 4 members (excludes halogenated alkanes) is 32. The van der Waals surface area contributed by atoms with Crippen LogP contribution in [0.5, 0.6) is 0 Å². The number of hydrogen-bond acceptors (Lipinski definition) is 11. The van der Waals surface area contributed by atoms with Crippen LogP contribution in [0.15, 0.2) is 48.6 Å². The largest absolute Gasteiger partial charge is 0.462 e. The molecule has 11 heteroatoms. The van der Waals surface area contributed by atoms with Gasteiger partial charge in [-0.1, -0.05) is 256 Å². The van der Waals surface area contributed by atoms with Crippen LogP contribution in [0, 0.1) is 0 Å². The molecule has 0 rings (SSSR count). The molecule has 0 aliphatic carbocycles. The topological polar surface area (TPSA) is 177 Å². The van der Waals surface area contributed by atoms with E-state index in [0.717, 1.165) is 218 Å². The summed E-state index contributed by atoms with van der Waals surface area (Å²) in [5.74, 6) is -1.13. The number of Topliss-reactive ketones (excluding diaryl/α,β-unsaturated/α-hetero) is 1. The van der Waals surface area contributed by atoms with Gasteiger partial charge < -0.3 is 34.6 Å². The zero-order chi connectivity index (χ0) is 63.1. The van der Waals surface area contributed by atoms with Crippen LogP contribution in [0.3, 0.4) is 0 Å².